The van der Waals surface area contributed by atoms with Gasteiger partial charge in [-0.3, -0.25) is 9.59 Å². The van der Waals surface area contributed by atoms with Gasteiger partial charge >= 0.3 is 0 Å². The lowest BCUT2D eigenvalue weighted by Gasteiger charge is -2.03. The predicted octanol–water partition coefficient (Wildman–Crippen LogP) is 2.46. The average Bonchev–Trinajstić information content (AvgIpc) is 3.00. The van der Waals surface area contributed by atoms with Gasteiger partial charge in [0.2, 0.25) is 0 Å². The van der Waals surface area contributed by atoms with Crippen LogP contribution in [0.5, 0.6) is 0 Å². The first-order valence-electron chi connectivity index (χ1n) is 5.93. The number of carbonyl (C=O) groups is 2. The minimum Gasteiger partial charge on any atom is -0.344 e. The van der Waals surface area contributed by atoms with Crippen LogP contribution in [0.4, 0.5) is 0 Å². The van der Waals surface area contributed by atoms with E-state index in [-0.39, 0.29) is 18.2 Å². The highest BCUT2D eigenvalue weighted by molar-refractivity contribution is 7.14. The molecule has 1 fully saturated rings. The Morgan fingerprint density at radius 2 is 2.12 bits per heavy atom. The van der Waals surface area contributed by atoms with E-state index in [0.717, 1.165) is 15.3 Å². The molecule has 1 aromatic rings. The molecule has 0 bridgehead atoms. The van der Waals surface area contributed by atoms with Crippen molar-refractivity contribution in [2.75, 3.05) is 6.54 Å². The third-order valence-corrected chi connectivity index (χ3v) is 4.06. The number of ketones is 1. The molecular weight excluding hydrogens is 234 g/mol. The number of amides is 1. The summed E-state index contributed by atoms with van der Waals surface area (Å²) in [6.07, 6.45) is 2.97. The van der Waals surface area contributed by atoms with Gasteiger partial charge in [-0.15, -0.1) is 11.3 Å². The van der Waals surface area contributed by atoms with Gasteiger partial charge in [0.15, 0.2) is 5.78 Å². The van der Waals surface area contributed by atoms with Gasteiger partial charge in [0, 0.05) is 11.3 Å². The summed E-state index contributed by atoms with van der Waals surface area (Å²) >= 11 is 1.48. The van der Waals surface area contributed by atoms with E-state index in [1.165, 1.54) is 24.2 Å². The van der Waals surface area contributed by atoms with Crippen molar-refractivity contribution < 1.29 is 9.59 Å². The summed E-state index contributed by atoms with van der Waals surface area (Å²) in [6.45, 7) is 4.07. The summed E-state index contributed by atoms with van der Waals surface area (Å²) in [5.41, 5.74) is 0.986. The summed E-state index contributed by atoms with van der Waals surface area (Å²) in [5, 5.41) is 2.71. The third kappa shape index (κ3) is 3.40. The van der Waals surface area contributed by atoms with E-state index < -0.39 is 0 Å². The van der Waals surface area contributed by atoms with Crippen LogP contribution < -0.4 is 5.32 Å². The van der Waals surface area contributed by atoms with E-state index in [0.29, 0.717) is 12.3 Å². The molecule has 1 aliphatic rings. The minimum atomic E-state index is -0.121. The molecule has 4 heteroatoms. The van der Waals surface area contributed by atoms with Crippen molar-refractivity contribution in [2.45, 2.75) is 33.1 Å². The van der Waals surface area contributed by atoms with Crippen molar-refractivity contribution in [3.63, 3.8) is 0 Å². The Kier molecular flexibility index (Phi) is 3.62. The summed E-state index contributed by atoms with van der Waals surface area (Å²) < 4.78 is 0. The second-order valence-corrected chi connectivity index (χ2v) is 5.99. The highest BCUT2D eigenvalue weighted by Gasteiger charge is 2.24. The van der Waals surface area contributed by atoms with E-state index in [1.54, 1.807) is 0 Å². The van der Waals surface area contributed by atoms with E-state index in [9.17, 15) is 9.59 Å². The molecule has 1 N–H and O–H groups in total. The highest BCUT2D eigenvalue weighted by atomic mass is 32.1. The van der Waals surface area contributed by atoms with Crippen LogP contribution in [0, 0.1) is 19.8 Å². The van der Waals surface area contributed by atoms with Crippen molar-refractivity contribution >= 4 is 23.0 Å². The zero-order chi connectivity index (χ0) is 12.4. The van der Waals surface area contributed by atoms with Crippen LogP contribution in [0.2, 0.25) is 0 Å². The third-order valence-electron chi connectivity index (χ3n) is 2.91. The van der Waals surface area contributed by atoms with Crippen LogP contribution in [0.15, 0.2) is 6.07 Å². The zero-order valence-electron chi connectivity index (χ0n) is 10.2. The fourth-order valence-corrected chi connectivity index (χ4v) is 2.78. The van der Waals surface area contributed by atoms with Gasteiger partial charge in [-0.1, -0.05) is 0 Å². The molecule has 2 rings (SSSR count). The number of rotatable bonds is 5. The lowest BCUT2D eigenvalue weighted by molar-refractivity contribution is -0.118. The molecule has 3 nitrogen and oxygen atoms in total. The quantitative estimate of drug-likeness (QED) is 0.873. The predicted molar refractivity (Wildman–Crippen MR) is 68.5 cm³/mol. The zero-order valence-corrected chi connectivity index (χ0v) is 11.0. The smallest absolute Gasteiger partial charge is 0.261 e. The molecule has 1 saturated carbocycles. The molecule has 1 aromatic heterocycles. The molecule has 0 spiro atoms. The Labute approximate surface area is 105 Å². The van der Waals surface area contributed by atoms with Gasteiger partial charge in [-0.25, -0.2) is 0 Å². The van der Waals surface area contributed by atoms with Gasteiger partial charge in [0.25, 0.3) is 5.91 Å². The Hall–Kier alpha value is -1.16. The van der Waals surface area contributed by atoms with E-state index in [2.05, 4.69) is 5.32 Å². The van der Waals surface area contributed by atoms with Crippen molar-refractivity contribution in [1.82, 2.24) is 5.32 Å². The summed E-state index contributed by atoms with van der Waals surface area (Å²) in [5.74, 6) is 0.613. The van der Waals surface area contributed by atoms with Gasteiger partial charge in [0.05, 0.1) is 11.4 Å². The average molecular weight is 251 g/mol. The van der Waals surface area contributed by atoms with Crippen molar-refractivity contribution in [2.24, 2.45) is 5.92 Å². The van der Waals surface area contributed by atoms with Crippen LogP contribution in [-0.4, -0.2) is 18.2 Å². The largest absolute Gasteiger partial charge is 0.344 e. The number of carbonyl (C=O) groups excluding carboxylic acids is 2. The van der Waals surface area contributed by atoms with Gasteiger partial charge < -0.3 is 5.32 Å². The van der Waals surface area contributed by atoms with Crippen molar-refractivity contribution in [3.05, 3.63) is 21.4 Å². The first-order chi connectivity index (χ1) is 8.06. The standard InChI is InChI=1S/C13H17NO2S/c1-8-5-9(2)17-12(8)13(16)14-7-11(15)6-10-3-4-10/h5,10H,3-4,6-7H2,1-2H3,(H,14,16). The lowest BCUT2D eigenvalue weighted by atomic mass is 10.2. The topological polar surface area (TPSA) is 46.2 Å². The Bertz CT molecular complexity index is 446. The number of hydrogen-bond acceptors (Lipinski definition) is 3. The Morgan fingerprint density at radius 1 is 1.41 bits per heavy atom. The number of aryl methyl sites for hydroxylation is 2. The molecule has 0 atom stereocenters. The fraction of sp³-hybridized carbons (Fsp3) is 0.538. The molecule has 0 aliphatic heterocycles. The van der Waals surface area contributed by atoms with Gasteiger partial charge in [0.1, 0.15) is 0 Å². The first-order valence-corrected chi connectivity index (χ1v) is 6.75. The molecule has 0 saturated heterocycles. The van der Waals surface area contributed by atoms with Crippen LogP contribution >= 0.6 is 11.3 Å². The highest BCUT2D eigenvalue weighted by Crippen LogP contribution is 2.32. The maximum absolute atomic E-state index is 11.8. The molecule has 92 valence electrons. The Balaban J connectivity index is 1.84. The van der Waals surface area contributed by atoms with Gasteiger partial charge in [-0.05, 0) is 44.2 Å². The van der Waals surface area contributed by atoms with Gasteiger partial charge in [-0.2, -0.15) is 0 Å². The van der Waals surface area contributed by atoms with Crippen LogP contribution in [0.1, 0.15) is 39.4 Å². The molecule has 0 radical (unpaired) electrons. The number of hydrogen-bond donors (Lipinski definition) is 1. The number of nitrogens with one attached hydrogen (secondary N) is 1. The Morgan fingerprint density at radius 3 is 2.65 bits per heavy atom. The molecule has 0 unspecified atom stereocenters. The van der Waals surface area contributed by atoms with E-state index in [1.807, 2.05) is 19.9 Å². The van der Waals surface area contributed by atoms with Crippen LogP contribution in [0.3, 0.4) is 0 Å². The second kappa shape index (κ2) is 5.00. The summed E-state index contributed by atoms with van der Waals surface area (Å²) in [6, 6.07) is 1.99. The lowest BCUT2D eigenvalue weighted by Crippen LogP contribution is -2.29. The molecule has 1 aliphatic carbocycles. The van der Waals surface area contributed by atoms with Crippen LogP contribution in [0.25, 0.3) is 0 Å². The fourth-order valence-electron chi connectivity index (χ4n) is 1.84. The molecule has 1 heterocycles. The first kappa shape index (κ1) is 12.3. The van der Waals surface area contributed by atoms with E-state index >= 15 is 0 Å². The number of Topliss-reactive ketones (excluding diaryl/α,β-unsaturated/α-hetero) is 1. The van der Waals surface area contributed by atoms with E-state index in [4.69, 9.17) is 0 Å². The van der Waals surface area contributed by atoms with Crippen LogP contribution in [-0.2, 0) is 4.79 Å². The molecule has 1 amide bonds. The summed E-state index contributed by atoms with van der Waals surface area (Å²) in [7, 11) is 0. The SMILES string of the molecule is Cc1cc(C)c(C(=O)NCC(=O)CC2CC2)s1. The number of thiophene rings is 1. The van der Waals surface area contributed by atoms with Crippen molar-refractivity contribution in [3.8, 4) is 0 Å². The molecule has 0 aromatic carbocycles. The minimum absolute atomic E-state index is 0.121. The monoisotopic (exact) mass is 251 g/mol. The summed E-state index contributed by atoms with van der Waals surface area (Å²) in [4.78, 5) is 25.2. The second-order valence-electron chi connectivity index (χ2n) is 4.74. The normalized spacial score (nSPS) is 14.7. The van der Waals surface area contributed by atoms with Crippen molar-refractivity contribution in [1.29, 1.82) is 0 Å². The molecular formula is C13H17NO2S. The maximum atomic E-state index is 11.8. The molecule has 17 heavy (non-hydrogen) atoms. The maximum Gasteiger partial charge on any atom is 0.261 e.